The zero-order valence-electron chi connectivity index (χ0n) is 4.19. The van der Waals surface area contributed by atoms with Crippen LogP contribution in [0.25, 0.3) is 0 Å². The van der Waals surface area contributed by atoms with E-state index in [2.05, 4.69) is 4.98 Å². The smallest absolute Gasteiger partial charge is 0.281 e. The lowest BCUT2D eigenvalue weighted by molar-refractivity contribution is 0.534. The van der Waals surface area contributed by atoms with Crippen LogP contribution in [0.15, 0.2) is 11.0 Å². The van der Waals surface area contributed by atoms with Crippen LogP contribution in [0.2, 0.25) is 5.02 Å². The quantitative estimate of drug-likeness (QED) is 0.547. The van der Waals surface area contributed by atoms with Crippen LogP contribution >= 0.6 is 11.6 Å². The molecule has 0 saturated carbocycles. The second-order valence-corrected chi connectivity index (χ2v) is 1.76. The van der Waals surface area contributed by atoms with Gasteiger partial charge in [-0.2, -0.15) is 4.39 Å². The van der Waals surface area contributed by atoms with Gasteiger partial charge >= 0.3 is 0 Å². The van der Waals surface area contributed by atoms with Gasteiger partial charge in [0.05, 0.1) is 6.20 Å². The summed E-state index contributed by atoms with van der Waals surface area (Å²) < 4.78 is 11.9. The molecule has 0 aromatic carbocycles. The van der Waals surface area contributed by atoms with E-state index in [1.54, 1.807) is 4.98 Å². The Morgan fingerprint density at radius 3 is 2.89 bits per heavy atom. The van der Waals surface area contributed by atoms with Gasteiger partial charge in [0.25, 0.3) is 11.6 Å². The van der Waals surface area contributed by atoms with Crippen molar-refractivity contribution < 1.29 is 4.39 Å². The summed E-state index contributed by atoms with van der Waals surface area (Å²) in [6.45, 7) is 0. The molecule has 0 radical (unpaired) electrons. The lowest BCUT2D eigenvalue weighted by Gasteiger charge is -1.85. The average Bonchev–Trinajstić information content (AvgIpc) is 1.80. The molecule has 1 rings (SSSR count). The van der Waals surface area contributed by atoms with Crippen molar-refractivity contribution in [2.75, 3.05) is 0 Å². The van der Waals surface area contributed by atoms with Crippen molar-refractivity contribution in [1.82, 2.24) is 9.97 Å². The van der Waals surface area contributed by atoms with Crippen LogP contribution in [-0.4, -0.2) is 9.97 Å². The van der Waals surface area contributed by atoms with Gasteiger partial charge < -0.3 is 0 Å². The summed E-state index contributed by atoms with van der Waals surface area (Å²) in [5.74, 6) is 0. The molecule has 0 aliphatic rings. The first-order valence-corrected chi connectivity index (χ1v) is 2.48. The molecule has 3 nitrogen and oxygen atoms in total. The van der Waals surface area contributed by atoms with E-state index in [0.717, 1.165) is 6.20 Å². The zero-order chi connectivity index (χ0) is 6.85. The van der Waals surface area contributed by atoms with E-state index < -0.39 is 11.6 Å². The second kappa shape index (κ2) is 2.14. The van der Waals surface area contributed by atoms with E-state index in [0.29, 0.717) is 0 Å². The van der Waals surface area contributed by atoms with Gasteiger partial charge in [0.1, 0.15) is 5.02 Å². The Bertz CT molecular complexity index is 272. The van der Waals surface area contributed by atoms with E-state index >= 15 is 0 Å². The number of halogens is 2. The fraction of sp³-hybridized carbons (Fsp3) is 0. The van der Waals surface area contributed by atoms with Gasteiger partial charge in [0.2, 0.25) is 0 Å². The molecule has 1 aromatic heterocycles. The molecule has 48 valence electrons. The summed E-state index contributed by atoms with van der Waals surface area (Å²) in [5.41, 5.74) is -0.663. The highest BCUT2D eigenvalue weighted by Gasteiger charge is 1.95. The maximum absolute atomic E-state index is 11.9. The second-order valence-electron chi connectivity index (χ2n) is 1.35. The maximum atomic E-state index is 11.9. The van der Waals surface area contributed by atoms with Crippen LogP contribution < -0.4 is 5.56 Å². The van der Waals surface area contributed by atoms with Crippen LogP contribution in [-0.2, 0) is 0 Å². The first-order valence-electron chi connectivity index (χ1n) is 2.10. The van der Waals surface area contributed by atoms with Crippen molar-refractivity contribution in [3.63, 3.8) is 0 Å². The molecule has 5 heteroatoms. The molecule has 0 saturated heterocycles. The molecule has 0 aliphatic carbocycles. The predicted octanol–water partition coefficient (Wildman–Crippen LogP) is 0.562. The number of aromatic nitrogens is 2. The van der Waals surface area contributed by atoms with Gasteiger partial charge in [-0.15, -0.1) is 0 Å². The Morgan fingerprint density at radius 2 is 2.44 bits per heavy atom. The van der Waals surface area contributed by atoms with Crippen molar-refractivity contribution in [2.45, 2.75) is 0 Å². The molecule has 9 heavy (non-hydrogen) atoms. The van der Waals surface area contributed by atoms with Crippen LogP contribution in [0, 0.1) is 6.08 Å². The third-order valence-corrected chi connectivity index (χ3v) is 0.994. The van der Waals surface area contributed by atoms with E-state index in [1.165, 1.54) is 0 Å². The van der Waals surface area contributed by atoms with Gasteiger partial charge in [-0.3, -0.25) is 9.78 Å². The highest BCUT2D eigenvalue weighted by atomic mass is 35.5. The molecule has 1 aromatic rings. The van der Waals surface area contributed by atoms with Gasteiger partial charge in [-0.05, 0) is 0 Å². The average molecular weight is 149 g/mol. The fourth-order valence-electron chi connectivity index (χ4n) is 0.358. The maximum Gasteiger partial charge on any atom is 0.289 e. The third kappa shape index (κ3) is 1.26. The SMILES string of the molecule is O=c1[nH]c(F)ncc1Cl. The van der Waals surface area contributed by atoms with Gasteiger partial charge in [0, 0.05) is 0 Å². The number of rotatable bonds is 0. The summed E-state index contributed by atoms with van der Waals surface area (Å²) >= 11 is 5.21. The molecule has 1 N–H and O–H groups in total. The normalized spacial score (nSPS) is 9.56. The van der Waals surface area contributed by atoms with Crippen LogP contribution in [0.3, 0.4) is 0 Å². The topological polar surface area (TPSA) is 45.8 Å². The molecule has 0 unspecified atom stereocenters. The Kier molecular flexibility index (Phi) is 1.48. The first-order chi connectivity index (χ1) is 4.20. The first kappa shape index (κ1) is 6.22. The predicted molar refractivity (Wildman–Crippen MR) is 29.8 cm³/mol. The molecule has 0 spiro atoms. The highest BCUT2D eigenvalue weighted by molar-refractivity contribution is 6.30. The fourth-order valence-corrected chi connectivity index (χ4v) is 0.454. The molecule has 0 atom stereocenters. The Balaban J connectivity index is 3.34. The summed E-state index contributed by atoms with van der Waals surface area (Å²) in [4.78, 5) is 15.2. The summed E-state index contributed by atoms with van der Waals surface area (Å²) in [6.07, 6.45) is 0.0276. The number of nitrogens with zero attached hydrogens (tertiary/aromatic N) is 1. The number of hydrogen-bond donors (Lipinski definition) is 1. The minimum absolute atomic E-state index is 0.114. The summed E-state index contributed by atoms with van der Waals surface area (Å²) in [6, 6.07) is 0. The zero-order valence-corrected chi connectivity index (χ0v) is 4.94. The molecular formula is C4H2ClFN2O. The molecule has 0 aliphatic heterocycles. The molecule has 0 bridgehead atoms. The van der Waals surface area contributed by atoms with Crippen molar-refractivity contribution in [3.05, 3.63) is 27.7 Å². The van der Waals surface area contributed by atoms with Crippen LogP contribution in [0.1, 0.15) is 0 Å². The third-order valence-electron chi connectivity index (χ3n) is 0.725. The lowest BCUT2D eigenvalue weighted by Crippen LogP contribution is -2.08. The van der Waals surface area contributed by atoms with E-state index in [1.807, 2.05) is 0 Å². The number of H-pyrrole nitrogens is 1. The largest absolute Gasteiger partial charge is 0.289 e. The van der Waals surface area contributed by atoms with Crippen molar-refractivity contribution in [2.24, 2.45) is 0 Å². The molecule has 1 heterocycles. The minimum Gasteiger partial charge on any atom is -0.281 e. The number of nitrogens with one attached hydrogen (secondary N) is 1. The van der Waals surface area contributed by atoms with Crippen molar-refractivity contribution in [1.29, 1.82) is 0 Å². The molecular weight excluding hydrogens is 147 g/mol. The van der Waals surface area contributed by atoms with Crippen molar-refractivity contribution in [3.8, 4) is 0 Å². The van der Waals surface area contributed by atoms with Gasteiger partial charge in [-0.25, -0.2) is 4.98 Å². The monoisotopic (exact) mass is 148 g/mol. The highest BCUT2D eigenvalue weighted by Crippen LogP contribution is 1.94. The van der Waals surface area contributed by atoms with Gasteiger partial charge in [-0.1, -0.05) is 11.6 Å². The standard InChI is InChI=1S/C4H2ClFN2O/c5-2-1-7-4(6)8-3(2)9/h1H,(H,7,8,9). The Labute approximate surface area is 54.5 Å². The Hall–Kier alpha value is -0.900. The number of aromatic amines is 1. The van der Waals surface area contributed by atoms with E-state index in [-0.39, 0.29) is 5.02 Å². The summed E-state index contributed by atoms with van der Waals surface area (Å²) in [7, 11) is 0. The molecule has 0 amide bonds. The van der Waals surface area contributed by atoms with E-state index in [9.17, 15) is 9.18 Å². The van der Waals surface area contributed by atoms with E-state index in [4.69, 9.17) is 11.6 Å². The minimum atomic E-state index is -0.926. The number of hydrogen-bond acceptors (Lipinski definition) is 2. The Morgan fingerprint density at radius 1 is 1.78 bits per heavy atom. The van der Waals surface area contributed by atoms with Gasteiger partial charge in [0.15, 0.2) is 0 Å². The molecule has 0 fully saturated rings. The van der Waals surface area contributed by atoms with Crippen LogP contribution in [0.4, 0.5) is 4.39 Å². The van der Waals surface area contributed by atoms with Crippen LogP contribution in [0.5, 0.6) is 0 Å². The van der Waals surface area contributed by atoms with Crippen molar-refractivity contribution >= 4 is 11.6 Å². The lowest BCUT2D eigenvalue weighted by atomic mass is 10.7. The summed E-state index contributed by atoms with van der Waals surface area (Å²) in [5, 5.41) is -0.114.